The van der Waals surface area contributed by atoms with Gasteiger partial charge in [-0.15, -0.1) is 0 Å². The van der Waals surface area contributed by atoms with Gasteiger partial charge >= 0.3 is 0 Å². The van der Waals surface area contributed by atoms with E-state index >= 15 is 0 Å². The monoisotopic (exact) mass is 410 g/mol. The van der Waals surface area contributed by atoms with Gasteiger partial charge in [-0.05, 0) is 49.4 Å². The van der Waals surface area contributed by atoms with Crippen LogP contribution in [0.5, 0.6) is 0 Å². The smallest absolute Gasteiger partial charge is 0.245 e. The highest BCUT2D eigenvalue weighted by molar-refractivity contribution is 5.98. The van der Waals surface area contributed by atoms with Crippen molar-refractivity contribution < 1.29 is 29.3 Å². The fourth-order valence-corrected chi connectivity index (χ4v) is 5.00. The maximum atomic E-state index is 12.7. The first kappa shape index (κ1) is 22.2. The number of carbonyl (C=O) groups is 3. The van der Waals surface area contributed by atoms with Gasteiger partial charge in [0.2, 0.25) is 11.8 Å². The van der Waals surface area contributed by atoms with E-state index in [9.17, 15) is 24.6 Å². The van der Waals surface area contributed by atoms with Gasteiger partial charge in [-0.1, -0.05) is 20.3 Å². The molecule has 3 aliphatic rings. The number of nitrogens with one attached hydrogen (secondary N) is 2. The van der Waals surface area contributed by atoms with E-state index in [1.807, 2.05) is 13.8 Å². The lowest BCUT2D eigenvalue weighted by Gasteiger charge is -2.25. The van der Waals surface area contributed by atoms with Gasteiger partial charge in [0.15, 0.2) is 11.4 Å². The number of carbonyl (C=O) groups excluding carboxylic acids is 3. The van der Waals surface area contributed by atoms with Crippen LogP contribution in [0.25, 0.3) is 0 Å². The second-order valence-electron chi connectivity index (χ2n) is 9.44. The van der Waals surface area contributed by atoms with E-state index in [1.165, 1.54) is 19.3 Å². The standard InChI is InChI=1S/C21H34N2O6/c1-12(2)5-16(19(27)21(10-25)11-29-21)23-20(28)17(9-24)22-18(26)8-15-7-13-3-4-14(15)6-13/h12-17,24-25H,3-11H2,1-2H3,(H,22,26)(H,23,28)/t13?,14?,15?,16?,17-,21?/m0/s1. The molecular weight excluding hydrogens is 376 g/mol. The number of hydrogen-bond acceptors (Lipinski definition) is 6. The summed E-state index contributed by atoms with van der Waals surface area (Å²) in [5, 5.41) is 24.4. The van der Waals surface area contributed by atoms with Crippen LogP contribution in [0.1, 0.15) is 52.4 Å². The Kier molecular flexibility index (Phi) is 6.96. The molecule has 0 aromatic heterocycles. The first-order valence-corrected chi connectivity index (χ1v) is 10.8. The van der Waals surface area contributed by atoms with Crippen LogP contribution in [0.3, 0.4) is 0 Å². The van der Waals surface area contributed by atoms with Crippen LogP contribution in [0.2, 0.25) is 0 Å². The molecule has 2 saturated carbocycles. The van der Waals surface area contributed by atoms with Gasteiger partial charge in [0.1, 0.15) is 6.04 Å². The minimum Gasteiger partial charge on any atom is -0.394 e. The molecule has 2 aliphatic carbocycles. The van der Waals surface area contributed by atoms with E-state index in [4.69, 9.17) is 4.74 Å². The van der Waals surface area contributed by atoms with Crippen molar-refractivity contribution in [2.75, 3.05) is 19.8 Å². The highest BCUT2D eigenvalue weighted by atomic mass is 16.6. The molecule has 164 valence electrons. The number of amides is 2. The number of hydrogen-bond donors (Lipinski definition) is 4. The van der Waals surface area contributed by atoms with Crippen LogP contribution >= 0.6 is 0 Å². The summed E-state index contributed by atoms with van der Waals surface area (Å²) in [6, 6.07) is -1.94. The number of epoxide rings is 1. The Hall–Kier alpha value is -1.51. The number of ether oxygens (including phenoxy) is 1. The van der Waals surface area contributed by atoms with E-state index in [-0.39, 0.29) is 24.2 Å². The van der Waals surface area contributed by atoms with Gasteiger partial charge in [-0.2, -0.15) is 0 Å². The fourth-order valence-electron chi connectivity index (χ4n) is 5.00. The lowest BCUT2D eigenvalue weighted by atomic mass is 9.86. The van der Waals surface area contributed by atoms with E-state index < -0.39 is 36.8 Å². The molecule has 1 saturated heterocycles. The van der Waals surface area contributed by atoms with Crippen molar-refractivity contribution >= 4 is 17.6 Å². The zero-order valence-electron chi connectivity index (χ0n) is 17.4. The predicted molar refractivity (Wildman–Crippen MR) is 105 cm³/mol. The maximum Gasteiger partial charge on any atom is 0.245 e. The Morgan fingerprint density at radius 3 is 2.31 bits per heavy atom. The zero-order valence-corrected chi connectivity index (χ0v) is 17.4. The molecular formula is C21H34N2O6. The molecule has 0 radical (unpaired) electrons. The highest BCUT2D eigenvalue weighted by Crippen LogP contribution is 2.49. The summed E-state index contributed by atoms with van der Waals surface area (Å²) in [5.41, 5.74) is -1.23. The first-order chi connectivity index (χ1) is 13.8. The van der Waals surface area contributed by atoms with Crippen LogP contribution in [0.15, 0.2) is 0 Å². The Bertz CT molecular complexity index is 633. The lowest BCUT2D eigenvalue weighted by Crippen LogP contribution is -2.55. The topological polar surface area (TPSA) is 128 Å². The molecule has 3 fully saturated rings. The Morgan fingerprint density at radius 1 is 1.10 bits per heavy atom. The molecule has 0 spiro atoms. The number of aliphatic hydroxyl groups is 2. The molecule has 1 aliphatic heterocycles. The summed E-state index contributed by atoms with van der Waals surface area (Å²) in [6.07, 6.45) is 5.47. The van der Waals surface area contributed by atoms with E-state index in [1.54, 1.807) is 0 Å². The van der Waals surface area contributed by atoms with Crippen molar-refractivity contribution in [1.82, 2.24) is 10.6 Å². The summed E-state index contributed by atoms with van der Waals surface area (Å²) in [5.74, 6) is 0.630. The molecule has 2 amide bonds. The molecule has 1 heterocycles. The number of ketones is 1. The summed E-state index contributed by atoms with van der Waals surface area (Å²) in [4.78, 5) is 37.8. The van der Waals surface area contributed by atoms with Crippen molar-refractivity contribution in [2.24, 2.45) is 23.7 Å². The number of fused-ring (bicyclic) bond motifs is 2. The summed E-state index contributed by atoms with van der Waals surface area (Å²) in [7, 11) is 0. The second kappa shape index (κ2) is 9.10. The third-order valence-corrected chi connectivity index (χ3v) is 6.70. The fraction of sp³-hybridized carbons (Fsp3) is 0.857. The van der Waals surface area contributed by atoms with Crippen molar-refractivity contribution in [3.63, 3.8) is 0 Å². The minimum atomic E-state index is -1.23. The Balaban J connectivity index is 1.55. The Labute approximate surface area is 171 Å². The van der Waals surface area contributed by atoms with E-state index in [0.717, 1.165) is 12.3 Å². The van der Waals surface area contributed by atoms with Crippen molar-refractivity contribution in [2.45, 2.75) is 70.1 Å². The second-order valence-corrected chi connectivity index (χ2v) is 9.44. The maximum absolute atomic E-state index is 12.7. The molecule has 5 unspecified atom stereocenters. The molecule has 8 heteroatoms. The third-order valence-electron chi connectivity index (χ3n) is 6.70. The first-order valence-electron chi connectivity index (χ1n) is 10.8. The molecule has 2 bridgehead atoms. The Morgan fingerprint density at radius 2 is 1.83 bits per heavy atom. The van der Waals surface area contributed by atoms with Gasteiger partial charge < -0.3 is 25.6 Å². The molecule has 8 nitrogen and oxygen atoms in total. The SMILES string of the molecule is CC(C)CC(NC(=O)[C@H](CO)NC(=O)CC1CC2CCC1C2)C(=O)C1(CO)CO1. The van der Waals surface area contributed by atoms with Gasteiger partial charge in [0, 0.05) is 6.42 Å². The van der Waals surface area contributed by atoms with Crippen LogP contribution in [-0.4, -0.2) is 65.3 Å². The molecule has 0 aromatic carbocycles. The normalized spacial score (nSPS) is 32.1. The van der Waals surface area contributed by atoms with Gasteiger partial charge in [-0.25, -0.2) is 0 Å². The highest BCUT2D eigenvalue weighted by Gasteiger charge is 2.54. The predicted octanol–water partition coefficient (Wildman–Crippen LogP) is 0.151. The van der Waals surface area contributed by atoms with Crippen molar-refractivity contribution in [3.8, 4) is 0 Å². The molecule has 0 aromatic rings. The number of aliphatic hydroxyl groups excluding tert-OH is 2. The average Bonchev–Trinajstić information content (AvgIpc) is 3.21. The van der Waals surface area contributed by atoms with E-state index in [0.29, 0.717) is 24.7 Å². The van der Waals surface area contributed by atoms with Crippen LogP contribution < -0.4 is 10.6 Å². The zero-order chi connectivity index (χ0) is 21.2. The summed E-state index contributed by atoms with van der Waals surface area (Å²) >= 11 is 0. The molecule has 4 N–H and O–H groups in total. The van der Waals surface area contributed by atoms with Crippen molar-refractivity contribution in [1.29, 1.82) is 0 Å². The quantitative estimate of drug-likeness (QED) is 0.359. The lowest BCUT2D eigenvalue weighted by molar-refractivity contribution is -0.135. The summed E-state index contributed by atoms with van der Waals surface area (Å²) in [6.45, 7) is 3.01. The summed E-state index contributed by atoms with van der Waals surface area (Å²) < 4.78 is 5.13. The average molecular weight is 411 g/mol. The number of Topliss-reactive ketones (excluding diaryl/α,β-unsaturated/α-hetero) is 1. The third kappa shape index (κ3) is 5.16. The molecule has 29 heavy (non-hydrogen) atoms. The number of rotatable bonds is 11. The largest absolute Gasteiger partial charge is 0.394 e. The minimum absolute atomic E-state index is 0.124. The van der Waals surface area contributed by atoms with E-state index in [2.05, 4.69) is 10.6 Å². The van der Waals surface area contributed by atoms with Gasteiger partial charge in [-0.3, -0.25) is 14.4 Å². The van der Waals surface area contributed by atoms with Gasteiger partial charge in [0.05, 0.1) is 25.9 Å². The van der Waals surface area contributed by atoms with Crippen LogP contribution in [0.4, 0.5) is 0 Å². The van der Waals surface area contributed by atoms with Crippen LogP contribution in [-0.2, 0) is 19.1 Å². The van der Waals surface area contributed by atoms with Crippen molar-refractivity contribution in [3.05, 3.63) is 0 Å². The molecule has 6 atom stereocenters. The molecule has 3 rings (SSSR count). The van der Waals surface area contributed by atoms with Crippen LogP contribution in [0, 0.1) is 23.7 Å². The van der Waals surface area contributed by atoms with Gasteiger partial charge in [0.25, 0.3) is 0 Å².